The highest BCUT2D eigenvalue weighted by Gasteiger charge is 2.61. The summed E-state index contributed by atoms with van der Waals surface area (Å²) in [7, 11) is 1.52. The van der Waals surface area contributed by atoms with E-state index in [2.05, 4.69) is 6.58 Å². The summed E-state index contributed by atoms with van der Waals surface area (Å²) in [5, 5.41) is 21.1. The maximum Gasteiger partial charge on any atom is 0.334 e. The fourth-order valence-corrected chi connectivity index (χ4v) is 4.73. The Morgan fingerprint density at radius 2 is 2.10 bits per heavy atom. The summed E-state index contributed by atoms with van der Waals surface area (Å²) in [4.78, 5) is 24.8. The van der Waals surface area contributed by atoms with Gasteiger partial charge in [-0.15, -0.1) is 0 Å². The monoisotopic (exact) mass is 410 g/mol. The van der Waals surface area contributed by atoms with Gasteiger partial charge in [0.25, 0.3) is 0 Å². The number of rotatable bonds is 4. The van der Waals surface area contributed by atoms with Crippen molar-refractivity contribution < 1.29 is 38.7 Å². The van der Waals surface area contributed by atoms with Crippen LogP contribution in [0.2, 0.25) is 0 Å². The second kappa shape index (κ2) is 7.83. The summed E-state index contributed by atoms with van der Waals surface area (Å²) in [6.45, 7) is 8.65. The molecule has 3 rings (SSSR count). The van der Waals surface area contributed by atoms with Crippen molar-refractivity contribution >= 4 is 11.9 Å². The Labute approximate surface area is 170 Å². The summed E-state index contributed by atoms with van der Waals surface area (Å²) >= 11 is 0. The van der Waals surface area contributed by atoms with E-state index in [9.17, 15) is 19.8 Å². The van der Waals surface area contributed by atoms with E-state index in [1.807, 2.05) is 0 Å². The third-order valence-electron chi connectivity index (χ3n) is 6.57. The Bertz CT molecular complexity index is 730. The zero-order valence-corrected chi connectivity index (χ0v) is 17.3. The fourth-order valence-electron chi connectivity index (χ4n) is 4.73. The molecule has 0 radical (unpaired) electrons. The van der Waals surface area contributed by atoms with E-state index in [0.717, 1.165) is 0 Å². The number of esters is 2. The van der Waals surface area contributed by atoms with E-state index in [0.29, 0.717) is 5.57 Å². The molecule has 8 heteroatoms. The van der Waals surface area contributed by atoms with Crippen molar-refractivity contribution in [2.45, 2.75) is 69.7 Å². The third-order valence-corrected chi connectivity index (χ3v) is 6.57. The summed E-state index contributed by atoms with van der Waals surface area (Å²) in [6, 6.07) is 0. The van der Waals surface area contributed by atoms with Gasteiger partial charge in [-0.3, -0.25) is 0 Å². The molecule has 3 saturated heterocycles. The predicted molar refractivity (Wildman–Crippen MR) is 101 cm³/mol. The Morgan fingerprint density at radius 3 is 2.69 bits per heavy atom. The molecule has 7 atom stereocenters. The van der Waals surface area contributed by atoms with Crippen LogP contribution >= 0.6 is 0 Å². The Morgan fingerprint density at radius 1 is 1.41 bits per heavy atom. The fraction of sp³-hybridized carbons (Fsp3) is 0.714. The van der Waals surface area contributed by atoms with Gasteiger partial charge < -0.3 is 29.2 Å². The molecular formula is C21H30O8. The van der Waals surface area contributed by atoms with Crippen molar-refractivity contribution in [2.24, 2.45) is 11.8 Å². The van der Waals surface area contributed by atoms with Gasteiger partial charge in [-0.05, 0) is 27.2 Å². The van der Waals surface area contributed by atoms with Crippen LogP contribution in [0.15, 0.2) is 23.8 Å². The quantitative estimate of drug-likeness (QED) is 0.526. The lowest BCUT2D eigenvalue weighted by Crippen LogP contribution is -2.45. The van der Waals surface area contributed by atoms with Crippen LogP contribution in [0.1, 0.15) is 40.0 Å². The average Bonchev–Trinajstić information content (AvgIpc) is 3.11. The molecule has 3 aliphatic heterocycles. The Kier molecular flexibility index (Phi) is 5.93. The molecule has 2 N–H and O–H groups in total. The molecule has 3 aliphatic rings. The molecule has 3 fully saturated rings. The van der Waals surface area contributed by atoms with Crippen LogP contribution in [0.5, 0.6) is 0 Å². The molecule has 0 aromatic carbocycles. The SMILES string of the molecule is C=C1C(=O)O[C@@H]2CC(CO)[C@@]3(O)C[C@H](OC)[C@@](C)(C[C@@H](OC(=O)/C(C)=C\C)[C@H]12)O3. The summed E-state index contributed by atoms with van der Waals surface area (Å²) < 4.78 is 22.9. The average molecular weight is 410 g/mol. The van der Waals surface area contributed by atoms with E-state index < -0.39 is 53.5 Å². The van der Waals surface area contributed by atoms with Crippen molar-refractivity contribution in [1.82, 2.24) is 0 Å². The van der Waals surface area contributed by atoms with Gasteiger partial charge in [-0.2, -0.15) is 0 Å². The number of fused-ring (bicyclic) bond motifs is 3. The topological polar surface area (TPSA) is 112 Å². The van der Waals surface area contributed by atoms with E-state index in [1.165, 1.54) is 7.11 Å². The molecule has 8 nitrogen and oxygen atoms in total. The Hall–Kier alpha value is -1.74. The molecular weight excluding hydrogens is 380 g/mol. The first-order chi connectivity index (χ1) is 13.6. The maximum absolute atomic E-state index is 12.5. The zero-order valence-electron chi connectivity index (χ0n) is 17.3. The lowest BCUT2D eigenvalue weighted by Gasteiger charge is -2.35. The minimum absolute atomic E-state index is 0.144. The van der Waals surface area contributed by atoms with E-state index in [1.54, 1.807) is 26.8 Å². The van der Waals surface area contributed by atoms with Crippen molar-refractivity contribution in [3.8, 4) is 0 Å². The first-order valence-electron chi connectivity index (χ1n) is 9.88. The van der Waals surface area contributed by atoms with Gasteiger partial charge in [0.2, 0.25) is 0 Å². The van der Waals surface area contributed by atoms with Gasteiger partial charge in [0.05, 0.1) is 24.2 Å². The zero-order chi connectivity index (χ0) is 21.6. The number of allylic oxidation sites excluding steroid dienone is 1. The van der Waals surface area contributed by atoms with Crippen LogP contribution in [0.4, 0.5) is 0 Å². The van der Waals surface area contributed by atoms with Gasteiger partial charge >= 0.3 is 11.9 Å². The van der Waals surface area contributed by atoms with Crippen LogP contribution in [0.25, 0.3) is 0 Å². The van der Waals surface area contributed by atoms with E-state index in [4.69, 9.17) is 18.9 Å². The lowest BCUT2D eigenvalue weighted by molar-refractivity contribution is -0.260. The van der Waals surface area contributed by atoms with Crippen LogP contribution < -0.4 is 0 Å². The number of hydrogen-bond acceptors (Lipinski definition) is 8. The van der Waals surface area contributed by atoms with Gasteiger partial charge in [-0.1, -0.05) is 12.7 Å². The van der Waals surface area contributed by atoms with Gasteiger partial charge in [-0.25, -0.2) is 9.59 Å². The number of carbonyl (C=O) groups excluding carboxylic acids is 2. The first-order valence-corrected chi connectivity index (χ1v) is 9.88. The molecule has 0 aliphatic carbocycles. The molecule has 162 valence electrons. The second-order valence-electron chi connectivity index (χ2n) is 8.42. The van der Waals surface area contributed by atoms with Gasteiger partial charge in [0, 0.05) is 37.0 Å². The maximum atomic E-state index is 12.5. The molecule has 0 amide bonds. The van der Waals surface area contributed by atoms with Crippen molar-refractivity contribution in [1.29, 1.82) is 0 Å². The van der Waals surface area contributed by atoms with E-state index in [-0.39, 0.29) is 31.4 Å². The number of carbonyl (C=O) groups is 2. The molecule has 1 unspecified atom stereocenters. The first kappa shape index (κ1) is 22.0. The number of aliphatic hydroxyl groups is 2. The predicted octanol–water partition coefficient (Wildman–Crippen LogP) is 1.25. The minimum Gasteiger partial charge on any atom is -0.458 e. The highest BCUT2D eigenvalue weighted by molar-refractivity contribution is 5.91. The number of ether oxygens (including phenoxy) is 4. The van der Waals surface area contributed by atoms with E-state index >= 15 is 0 Å². The van der Waals surface area contributed by atoms with Crippen molar-refractivity contribution in [3.63, 3.8) is 0 Å². The van der Waals surface area contributed by atoms with Crippen LogP contribution in [-0.2, 0) is 28.5 Å². The summed E-state index contributed by atoms with van der Waals surface area (Å²) in [5.41, 5.74) is -0.361. The molecule has 0 aromatic heterocycles. The van der Waals surface area contributed by atoms with Crippen LogP contribution in [0.3, 0.4) is 0 Å². The molecule has 0 saturated carbocycles. The molecule has 3 heterocycles. The van der Waals surface area contributed by atoms with Gasteiger partial charge in [0.1, 0.15) is 12.2 Å². The summed E-state index contributed by atoms with van der Waals surface area (Å²) in [6.07, 6.45) is 0.153. The number of hydrogen-bond donors (Lipinski definition) is 2. The van der Waals surface area contributed by atoms with Crippen LogP contribution in [0, 0.1) is 11.8 Å². The number of methoxy groups -OCH3 is 1. The number of aliphatic hydroxyl groups excluding tert-OH is 1. The second-order valence-corrected chi connectivity index (χ2v) is 8.42. The highest BCUT2D eigenvalue weighted by atomic mass is 16.7. The normalized spacial score (nSPS) is 42.6. The van der Waals surface area contributed by atoms with Crippen molar-refractivity contribution in [3.05, 3.63) is 23.8 Å². The highest BCUT2D eigenvalue weighted by Crippen LogP contribution is 2.50. The third kappa shape index (κ3) is 3.74. The van der Waals surface area contributed by atoms with Crippen molar-refractivity contribution in [2.75, 3.05) is 13.7 Å². The van der Waals surface area contributed by atoms with Gasteiger partial charge in [0.15, 0.2) is 5.79 Å². The standard InChI is InChI=1S/C21H30O8/c1-6-11(2)18(23)28-15-8-20(4)16(26-5)9-21(25,29-20)13(10-22)7-14-17(15)12(3)19(24)27-14/h6,13-17,22,25H,3,7-10H2,1-2,4-5H3/b11-6-/t13?,14-,15-,16+,17-,20-,21-/m1/s1. The smallest absolute Gasteiger partial charge is 0.334 e. The Balaban J connectivity index is 2.05. The van der Waals surface area contributed by atoms with Crippen LogP contribution in [-0.4, -0.2) is 65.6 Å². The minimum atomic E-state index is -1.65. The molecule has 29 heavy (non-hydrogen) atoms. The largest absolute Gasteiger partial charge is 0.458 e. The molecule has 0 aromatic rings. The lowest BCUT2D eigenvalue weighted by atomic mass is 9.77. The molecule has 0 spiro atoms. The molecule has 2 bridgehead atoms. The summed E-state index contributed by atoms with van der Waals surface area (Å²) in [5.74, 6) is -4.03.